The van der Waals surface area contributed by atoms with Gasteiger partial charge < -0.3 is 14.4 Å². The number of benzene rings is 1. The Morgan fingerprint density at radius 1 is 1.11 bits per heavy atom. The Balaban J connectivity index is 0.000000533. The standard InChI is InChI=1S/C10H24NO3PS.C7H8O3S/c1-6-13-15(12,14-7-2)16-9-8-11-10(3,4)5;1-6-2-4-7(5-3-6)11(8,9)10/h11H,6-9H2,1-5H3;2-5H,1H3,(H,8,9,10). The quantitative estimate of drug-likeness (QED) is 0.327. The van der Waals surface area contributed by atoms with Crippen LogP contribution in [0, 0.1) is 6.92 Å². The van der Waals surface area contributed by atoms with Crippen molar-refractivity contribution in [1.29, 1.82) is 0 Å². The van der Waals surface area contributed by atoms with Gasteiger partial charge in [0.15, 0.2) is 0 Å². The van der Waals surface area contributed by atoms with Crippen molar-refractivity contribution in [2.75, 3.05) is 25.5 Å². The third-order valence-corrected chi connectivity index (χ3v) is 7.75. The topological polar surface area (TPSA) is 102 Å². The van der Waals surface area contributed by atoms with Gasteiger partial charge in [0.05, 0.1) is 18.1 Å². The molecule has 0 aliphatic carbocycles. The van der Waals surface area contributed by atoms with Crippen LogP contribution in [-0.2, 0) is 23.7 Å². The molecular formula is C17H32NO6PS2. The SMILES string of the molecule is CCOP(=O)(OCC)SCCNC(C)(C)C.Cc1ccc(S(=O)(=O)O)cc1. The summed E-state index contributed by atoms with van der Waals surface area (Å²) in [5.41, 5.74) is 1.04. The number of aryl methyl sites for hydroxylation is 1. The van der Waals surface area contributed by atoms with E-state index in [0.717, 1.165) is 12.1 Å². The highest BCUT2D eigenvalue weighted by Crippen LogP contribution is 2.60. The van der Waals surface area contributed by atoms with Crippen LogP contribution in [0.1, 0.15) is 40.2 Å². The lowest BCUT2D eigenvalue weighted by molar-refractivity contribution is 0.237. The van der Waals surface area contributed by atoms with Crippen molar-refractivity contribution in [3.05, 3.63) is 29.8 Å². The molecule has 0 unspecified atom stereocenters. The second-order valence-corrected chi connectivity index (χ2v) is 12.2. The minimum absolute atomic E-state index is 0.0666. The molecule has 27 heavy (non-hydrogen) atoms. The summed E-state index contributed by atoms with van der Waals surface area (Å²) in [5.74, 6) is 0.717. The largest absolute Gasteiger partial charge is 0.389 e. The zero-order valence-corrected chi connectivity index (χ0v) is 19.4. The molecule has 0 aliphatic heterocycles. The average Bonchev–Trinajstić information content (AvgIpc) is 2.51. The number of hydrogen-bond acceptors (Lipinski definition) is 7. The minimum atomic E-state index is -4.02. The van der Waals surface area contributed by atoms with Gasteiger partial charge >= 0.3 is 6.80 Å². The number of hydrogen-bond donors (Lipinski definition) is 2. The number of rotatable bonds is 9. The van der Waals surface area contributed by atoms with Gasteiger partial charge in [-0.3, -0.25) is 4.55 Å². The maximum atomic E-state index is 12.0. The summed E-state index contributed by atoms with van der Waals surface area (Å²) >= 11 is 1.26. The van der Waals surface area contributed by atoms with E-state index in [-0.39, 0.29) is 10.4 Å². The molecule has 0 radical (unpaired) electrons. The van der Waals surface area contributed by atoms with Crippen LogP contribution in [0.4, 0.5) is 0 Å². The van der Waals surface area contributed by atoms with E-state index in [4.69, 9.17) is 13.6 Å². The lowest BCUT2D eigenvalue weighted by Gasteiger charge is -2.21. The van der Waals surface area contributed by atoms with E-state index >= 15 is 0 Å². The van der Waals surface area contributed by atoms with Gasteiger partial charge in [0.25, 0.3) is 10.1 Å². The van der Waals surface area contributed by atoms with Crippen LogP contribution in [-0.4, -0.2) is 44.0 Å². The molecule has 0 aromatic heterocycles. The van der Waals surface area contributed by atoms with Gasteiger partial charge in [0, 0.05) is 17.8 Å². The van der Waals surface area contributed by atoms with Gasteiger partial charge in [-0.25, -0.2) is 4.57 Å². The van der Waals surface area contributed by atoms with E-state index in [1.54, 1.807) is 12.1 Å². The molecule has 10 heteroatoms. The Morgan fingerprint density at radius 3 is 1.96 bits per heavy atom. The molecule has 2 N–H and O–H groups in total. The van der Waals surface area contributed by atoms with E-state index in [1.165, 1.54) is 23.5 Å². The molecule has 0 bridgehead atoms. The molecule has 7 nitrogen and oxygen atoms in total. The summed E-state index contributed by atoms with van der Waals surface area (Å²) in [7, 11) is -4.02. The maximum absolute atomic E-state index is 12.0. The van der Waals surface area contributed by atoms with E-state index in [2.05, 4.69) is 26.1 Å². The van der Waals surface area contributed by atoms with Crippen molar-refractivity contribution in [3.8, 4) is 0 Å². The number of nitrogens with one attached hydrogen (secondary N) is 1. The van der Waals surface area contributed by atoms with Gasteiger partial charge in [-0.1, -0.05) is 17.7 Å². The summed E-state index contributed by atoms with van der Waals surface area (Å²) in [6, 6.07) is 5.99. The fourth-order valence-corrected chi connectivity index (χ4v) is 5.50. The minimum Gasteiger partial charge on any atom is -0.311 e. The summed E-state index contributed by atoms with van der Waals surface area (Å²) in [5, 5.41) is 3.33. The second-order valence-electron chi connectivity index (χ2n) is 6.58. The van der Waals surface area contributed by atoms with Crippen LogP contribution >= 0.6 is 18.2 Å². The Labute approximate surface area is 167 Å². The predicted octanol–water partition coefficient (Wildman–Crippen LogP) is 4.53. The first-order valence-electron chi connectivity index (χ1n) is 8.66. The molecule has 0 saturated heterocycles. The van der Waals surface area contributed by atoms with Crippen molar-refractivity contribution in [2.24, 2.45) is 0 Å². The predicted molar refractivity (Wildman–Crippen MR) is 112 cm³/mol. The molecular weight excluding hydrogens is 409 g/mol. The monoisotopic (exact) mass is 441 g/mol. The molecule has 0 heterocycles. The van der Waals surface area contributed by atoms with Crippen LogP contribution in [0.5, 0.6) is 0 Å². The van der Waals surface area contributed by atoms with Gasteiger partial charge in [0.2, 0.25) is 0 Å². The molecule has 0 saturated carbocycles. The highest BCUT2D eigenvalue weighted by Gasteiger charge is 2.24. The van der Waals surface area contributed by atoms with E-state index < -0.39 is 16.9 Å². The molecule has 0 spiro atoms. The lowest BCUT2D eigenvalue weighted by Crippen LogP contribution is -2.37. The third kappa shape index (κ3) is 13.4. The molecule has 0 fully saturated rings. The van der Waals surface area contributed by atoms with E-state index in [9.17, 15) is 13.0 Å². The Bertz CT molecular complexity index is 676. The first-order valence-corrected chi connectivity index (χ1v) is 13.2. The highest BCUT2D eigenvalue weighted by molar-refractivity contribution is 8.55. The molecule has 0 amide bonds. The second kappa shape index (κ2) is 12.2. The maximum Gasteiger partial charge on any atom is 0.389 e. The van der Waals surface area contributed by atoms with E-state index in [1.807, 2.05) is 20.8 Å². The van der Waals surface area contributed by atoms with Crippen molar-refractivity contribution < 1.29 is 26.6 Å². The molecule has 0 atom stereocenters. The Hall–Kier alpha value is -0.410. The summed E-state index contributed by atoms with van der Waals surface area (Å²) < 4.78 is 51.9. The molecule has 0 aliphatic rings. The zero-order chi connectivity index (χ0) is 21.1. The van der Waals surface area contributed by atoms with Crippen LogP contribution in [0.15, 0.2) is 29.2 Å². The first-order chi connectivity index (χ1) is 12.3. The van der Waals surface area contributed by atoms with Crippen molar-refractivity contribution in [2.45, 2.75) is 52.0 Å². The van der Waals surface area contributed by atoms with Gasteiger partial charge in [-0.05, 0) is 65.1 Å². The van der Waals surface area contributed by atoms with Crippen LogP contribution in [0.2, 0.25) is 0 Å². The highest BCUT2D eigenvalue weighted by atomic mass is 32.7. The van der Waals surface area contributed by atoms with E-state index in [0.29, 0.717) is 19.0 Å². The molecule has 1 rings (SSSR count). The fraction of sp³-hybridized carbons (Fsp3) is 0.647. The summed E-state index contributed by atoms with van der Waals surface area (Å²) in [4.78, 5) is -0.0666. The van der Waals surface area contributed by atoms with Gasteiger partial charge in [-0.2, -0.15) is 8.42 Å². The summed E-state index contributed by atoms with van der Waals surface area (Å²) in [6.07, 6.45) is 0. The third-order valence-electron chi connectivity index (χ3n) is 2.90. The lowest BCUT2D eigenvalue weighted by atomic mass is 10.1. The van der Waals surface area contributed by atoms with Gasteiger partial charge in [-0.15, -0.1) is 0 Å². The van der Waals surface area contributed by atoms with Crippen molar-refractivity contribution >= 4 is 28.3 Å². The Morgan fingerprint density at radius 2 is 1.59 bits per heavy atom. The van der Waals surface area contributed by atoms with Crippen LogP contribution < -0.4 is 5.32 Å². The van der Waals surface area contributed by atoms with Crippen molar-refractivity contribution in [1.82, 2.24) is 5.32 Å². The normalized spacial score (nSPS) is 12.4. The van der Waals surface area contributed by atoms with Crippen LogP contribution in [0.25, 0.3) is 0 Å². The Kier molecular flexibility index (Phi) is 12.0. The zero-order valence-electron chi connectivity index (χ0n) is 16.9. The van der Waals surface area contributed by atoms with Gasteiger partial charge in [0.1, 0.15) is 0 Å². The smallest absolute Gasteiger partial charge is 0.311 e. The average molecular weight is 442 g/mol. The summed E-state index contributed by atoms with van der Waals surface area (Å²) in [6.45, 7) is 10.5. The van der Waals surface area contributed by atoms with Crippen molar-refractivity contribution in [3.63, 3.8) is 0 Å². The first kappa shape index (κ1) is 26.6. The molecule has 1 aromatic rings. The fourth-order valence-electron chi connectivity index (χ4n) is 1.72. The molecule has 158 valence electrons. The van der Waals surface area contributed by atoms with Crippen LogP contribution in [0.3, 0.4) is 0 Å². The molecule has 1 aromatic carbocycles.